The molecule has 1 aliphatic carbocycles. The van der Waals surface area contributed by atoms with Crippen molar-refractivity contribution in [1.29, 1.82) is 0 Å². The molecule has 2 aromatic heterocycles. The summed E-state index contributed by atoms with van der Waals surface area (Å²) >= 11 is 0. The number of carbonyl (C=O) groups is 2. The number of furan rings is 1. The second kappa shape index (κ2) is 7.57. The largest absolute Gasteiger partial charge is 0.481 e. The molecule has 128 valence electrons. The highest BCUT2D eigenvalue weighted by atomic mass is 16.4. The van der Waals surface area contributed by atoms with Gasteiger partial charge >= 0.3 is 5.97 Å². The van der Waals surface area contributed by atoms with Crippen molar-refractivity contribution in [2.24, 2.45) is 10.9 Å². The number of aliphatic imine (C=N–C) groups is 1. The Hall–Kier alpha value is -3.22. The van der Waals surface area contributed by atoms with Crippen LogP contribution in [0.2, 0.25) is 0 Å². The van der Waals surface area contributed by atoms with Gasteiger partial charge in [0.15, 0.2) is 5.78 Å². The smallest absolute Gasteiger partial charge is 0.311 e. The number of allylic oxidation sites excluding steroid dienone is 4. The topological polar surface area (TPSA) is 97.7 Å². The number of hydrogen-bond acceptors (Lipinski definition) is 5. The number of hydrogen-bond donors (Lipinski definition) is 1. The fourth-order valence-corrected chi connectivity index (χ4v) is 2.60. The second-order valence-corrected chi connectivity index (χ2v) is 5.59. The maximum absolute atomic E-state index is 12.1. The molecule has 0 amide bonds. The highest BCUT2D eigenvalue weighted by Gasteiger charge is 2.22. The van der Waals surface area contributed by atoms with Crippen LogP contribution in [0.3, 0.4) is 0 Å². The Bertz CT molecular complexity index is 844. The quantitative estimate of drug-likeness (QED) is 0.618. The number of carboxylic acid groups (broad SMARTS) is 1. The predicted molar refractivity (Wildman–Crippen MR) is 90.8 cm³/mol. The molecular weight excluding hydrogens is 322 g/mol. The Morgan fingerprint density at radius 1 is 1.44 bits per heavy atom. The third kappa shape index (κ3) is 4.20. The highest BCUT2D eigenvalue weighted by Crippen LogP contribution is 2.22. The lowest BCUT2D eigenvalue weighted by molar-refractivity contribution is -0.139. The summed E-state index contributed by atoms with van der Waals surface area (Å²) in [7, 11) is 0. The third-order valence-electron chi connectivity index (χ3n) is 3.80. The summed E-state index contributed by atoms with van der Waals surface area (Å²) < 4.78 is 7.00. The molecule has 7 heteroatoms. The zero-order valence-corrected chi connectivity index (χ0v) is 13.4. The van der Waals surface area contributed by atoms with Gasteiger partial charge in [0.1, 0.15) is 24.5 Å². The number of aromatic nitrogens is 2. The van der Waals surface area contributed by atoms with Crippen LogP contribution in [0.25, 0.3) is 0 Å². The first-order valence-electron chi connectivity index (χ1n) is 7.83. The van der Waals surface area contributed by atoms with E-state index in [0.29, 0.717) is 24.4 Å². The summed E-state index contributed by atoms with van der Waals surface area (Å²) in [5.41, 5.74) is 0.464. The van der Waals surface area contributed by atoms with Crippen LogP contribution in [0.4, 0.5) is 5.82 Å². The van der Waals surface area contributed by atoms with Gasteiger partial charge < -0.3 is 9.52 Å². The van der Waals surface area contributed by atoms with Crippen LogP contribution < -0.4 is 0 Å². The van der Waals surface area contributed by atoms with Crippen molar-refractivity contribution in [2.75, 3.05) is 0 Å². The van der Waals surface area contributed by atoms with Gasteiger partial charge in [-0.25, -0.2) is 9.67 Å². The minimum Gasteiger partial charge on any atom is -0.481 e. The number of Topliss-reactive ketones (excluding diaryl/α,β-unsaturated/α-hetero) is 1. The molecule has 0 bridgehead atoms. The van der Waals surface area contributed by atoms with Crippen molar-refractivity contribution in [3.63, 3.8) is 0 Å². The zero-order chi connectivity index (χ0) is 17.6. The molecule has 2 heterocycles. The maximum Gasteiger partial charge on any atom is 0.311 e. The summed E-state index contributed by atoms with van der Waals surface area (Å²) in [6.07, 6.45) is 10.3. The van der Waals surface area contributed by atoms with Crippen LogP contribution in [0.1, 0.15) is 18.6 Å². The van der Waals surface area contributed by atoms with Gasteiger partial charge in [0.25, 0.3) is 0 Å². The SMILES string of the molecule is O=C(O)CC(=O)C1=CC=CCC1C=Nc1ccnn1Cc1ccco1. The van der Waals surface area contributed by atoms with Crippen LogP contribution in [0.15, 0.2) is 63.9 Å². The average molecular weight is 339 g/mol. The van der Waals surface area contributed by atoms with Crippen molar-refractivity contribution < 1.29 is 19.1 Å². The minimum atomic E-state index is -1.13. The molecule has 3 rings (SSSR count). The van der Waals surface area contributed by atoms with E-state index in [1.165, 1.54) is 0 Å². The van der Waals surface area contributed by atoms with Crippen LogP contribution in [0.5, 0.6) is 0 Å². The monoisotopic (exact) mass is 339 g/mol. The van der Waals surface area contributed by atoms with Gasteiger partial charge in [-0.1, -0.05) is 18.2 Å². The number of carboxylic acids is 1. The van der Waals surface area contributed by atoms with E-state index >= 15 is 0 Å². The van der Waals surface area contributed by atoms with E-state index in [-0.39, 0.29) is 5.92 Å². The van der Waals surface area contributed by atoms with Gasteiger partial charge in [-0.3, -0.25) is 9.59 Å². The molecule has 2 aromatic rings. The first-order valence-corrected chi connectivity index (χ1v) is 7.83. The lowest BCUT2D eigenvalue weighted by atomic mass is 9.88. The van der Waals surface area contributed by atoms with Crippen molar-refractivity contribution in [1.82, 2.24) is 9.78 Å². The summed E-state index contributed by atoms with van der Waals surface area (Å²) in [6, 6.07) is 5.42. The summed E-state index contributed by atoms with van der Waals surface area (Å²) in [4.78, 5) is 27.3. The summed E-state index contributed by atoms with van der Waals surface area (Å²) in [5, 5.41) is 13.0. The van der Waals surface area contributed by atoms with E-state index in [9.17, 15) is 9.59 Å². The number of ketones is 1. The minimum absolute atomic E-state index is 0.246. The van der Waals surface area contributed by atoms with Crippen LogP contribution in [0, 0.1) is 5.92 Å². The Balaban J connectivity index is 1.74. The van der Waals surface area contributed by atoms with E-state index in [1.807, 2.05) is 12.1 Å². The van der Waals surface area contributed by atoms with Crippen LogP contribution in [-0.4, -0.2) is 32.9 Å². The first-order chi connectivity index (χ1) is 12.1. The molecule has 0 aromatic carbocycles. The Kier molecular flexibility index (Phi) is 5.03. The van der Waals surface area contributed by atoms with Gasteiger partial charge in [-0.2, -0.15) is 5.10 Å². The van der Waals surface area contributed by atoms with E-state index in [4.69, 9.17) is 9.52 Å². The molecule has 25 heavy (non-hydrogen) atoms. The lowest BCUT2D eigenvalue weighted by Crippen LogP contribution is -2.18. The number of rotatable bonds is 7. The normalized spacial score (nSPS) is 17.0. The van der Waals surface area contributed by atoms with Crippen molar-refractivity contribution in [2.45, 2.75) is 19.4 Å². The number of aliphatic carboxylic acids is 1. The van der Waals surface area contributed by atoms with Crippen LogP contribution >= 0.6 is 0 Å². The maximum atomic E-state index is 12.1. The number of nitrogens with zero attached hydrogens (tertiary/aromatic N) is 3. The summed E-state index contributed by atoms with van der Waals surface area (Å²) in [5.74, 6) is -0.372. The Labute approximate surface area is 144 Å². The fraction of sp³-hybridized carbons (Fsp3) is 0.222. The lowest BCUT2D eigenvalue weighted by Gasteiger charge is -2.16. The average Bonchev–Trinajstić information content (AvgIpc) is 3.25. The van der Waals surface area contributed by atoms with Gasteiger partial charge in [-0.05, 0) is 18.6 Å². The molecule has 1 unspecified atom stereocenters. The van der Waals surface area contributed by atoms with E-state index < -0.39 is 18.2 Å². The standard InChI is InChI=1S/C18H17N3O4/c22-16(10-18(23)24)15-6-2-1-4-13(15)11-19-17-7-8-20-21(17)12-14-5-3-9-25-14/h1-3,5-9,11,13H,4,10,12H2,(H,23,24). The van der Waals surface area contributed by atoms with Crippen LogP contribution in [-0.2, 0) is 16.1 Å². The molecule has 1 atom stereocenters. The zero-order valence-electron chi connectivity index (χ0n) is 13.4. The van der Waals surface area contributed by atoms with Gasteiger partial charge in [0.2, 0.25) is 0 Å². The van der Waals surface area contributed by atoms with Crippen molar-refractivity contribution in [3.8, 4) is 0 Å². The molecule has 1 N–H and O–H groups in total. The van der Waals surface area contributed by atoms with E-state index in [0.717, 1.165) is 5.76 Å². The fourth-order valence-electron chi connectivity index (χ4n) is 2.60. The molecule has 1 aliphatic rings. The Morgan fingerprint density at radius 3 is 3.08 bits per heavy atom. The molecular formula is C18H17N3O4. The molecule has 0 fully saturated rings. The first kappa shape index (κ1) is 16.6. The van der Waals surface area contributed by atoms with E-state index in [2.05, 4.69) is 10.1 Å². The molecule has 0 aliphatic heterocycles. The highest BCUT2D eigenvalue weighted by molar-refractivity contribution is 6.07. The molecule has 0 saturated heterocycles. The Morgan fingerprint density at radius 2 is 2.32 bits per heavy atom. The van der Waals surface area contributed by atoms with Crippen molar-refractivity contribution >= 4 is 23.8 Å². The molecule has 0 saturated carbocycles. The van der Waals surface area contributed by atoms with Gasteiger partial charge in [0.05, 0.1) is 12.5 Å². The molecule has 7 nitrogen and oxygen atoms in total. The molecule has 0 radical (unpaired) electrons. The molecule has 0 spiro atoms. The second-order valence-electron chi connectivity index (χ2n) is 5.59. The van der Waals surface area contributed by atoms with E-state index in [1.54, 1.807) is 47.6 Å². The van der Waals surface area contributed by atoms with Crippen molar-refractivity contribution in [3.05, 3.63) is 60.2 Å². The van der Waals surface area contributed by atoms with Gasteiger partial charge in [0, 0.05) is 23.8 Å². The predicted octanol–water partition coefficient (Wildman–Crippen LogP) is 2.77. The third-order valence-corrected chi connectivity index (χ3v) is 3.80. The summed E-state index contributed by atoms with van der Waals surface area (Å²) in [6.45, 7) is 0.456. The van der Waals surface area contributed by atoms with Gasteiger partial charge in [-0.15, -0.1) is 0 Å². The number of carbonyl (C=O) groups excluding carboxylic acids is 1.